The normalized spacial score (nSPS) is 12.8. The summed E-state index contributed by atoms with van der Waals surface area (Å²) in [6, 6.07) is 8.67. The number of aromatic carboxylic acids is 1. The number of nitrogens with zero attached hydrogens (tertiary/aromatic N) is 1. The third-order valence-corrected chi connectivity index (χ3v) is 3.64. The van der Waals surface area contributed by atoms with Crippen LogP contribution in [0.3, 0.4) is 0 Å². The summed E-state index contributed by atoms with van der Waals surface area (Å²) in [6.07, 6.45) is 3.18. The fourth-order valence-electron chi connectivity index (χ4n) is 2.47. The van der Waals surface area contributed by atoms with Crippen molar-refractivity contribution in [2.45, 2.75) is 19.4 Å². The molecule has 1 N–H and O–H groups in total. The van der Waals surface area contributed by atoms with Crippen molar-refractivity contribution in [2.75, 3.05) is 6.61 Å². The number of aromatic nitrogens is 1. The minimum absolute atomic E-state index is 0.0194. The molecule has 0 radical (unpaired) electrons. The quantitative estimate of drug-likeness (QED) is 0.928. The minimum Gasteiger partial charge on any atom is -0.493 e. The lowest BCUT2D eigenvalue weighted by Crippen LogP contribution is -2.21. The third-order valence-electron chi connectivity index (χ3n) is 3.64. The number of rotatable bonds is 4. The van der Waals surface area contributed by atoms with Crippen molar-refractivity contribution in [1.29, 1.82) is 0 Å². The summed E-state index contributed by atoms with van der Waals surface area (Å²) in [5, 5.41) is 8.84. The molecule has 0 spiro atoms. The highest BCUT2D eigenvalue weighted by atomic mass is 16.5. The maximum Gasteiger partial charge on any atom is 0.335 e. The number of ether oxygens (including phenoxy) is 1. The summed E-state index contributed by atoms with van der Waals surface area (Å²) in [4.78, 5) is 22.6. The summed E-state index contributed by atoms with van der Waals surface area (Å²) in [7, 11) is 0. The summed E-state index contributed by atoms with van der Waals surface area (Å²) < 4.78 is 6.98. The zero-order chi connectivity index (χ0) is 14.8. The molecular formula is C16H15NO4. The molecule has 21 heavy (non-hydrogen) atoms. The molecule has 0 fully saturated rings. The molecular weight excluding hydrogens is 270 g/mol. The van der Waals surface area contributed by atoms with Gasteiger partial charge in [0.15, 0.2) is 0 Å². The highest BCUT2D eigenvalue weighted by Crippen LogP contribution is 2.26. The van der Waals surface area contributed by atoms with Gasteiger partial charge in [-0.15, -0.1) is 0 Å². The van der Waals surface area contributed by atoms with E-state index in [0.717, 1.165) is 36.8 Å². The van der Waals surface area contributed by atoms with E-state index in [1.165, 1.54) is 22.4 Å². The molecule has 2 aromatic rings. The second-order valence-corrected chi connectivity index (χ2v) is 5.04. The largest absolute Gasteiger partial charge is 0.493 e. The van der Waals surface area contributed by atoms with E-state index >= 15 is 0 Å². The highest BCUT2D eigenvalue weighted by molar-refractivity contribution is 5.87. The van der Waals surface area contributed by atoms with Gasteiger partial charge in [-0.3, -0.25) is 4.79 Å². The van der Waals surface area contributed by atoms with Crippen molar-refractivity contribution >= 4 is 5.97 Å². The Bertz CT molecular complexity index is 748. The van der Waals surface area contributed by atoms with Crippen LogP contribution < -0.4 is 10.3 Å². The van der Waals surface area contributed by atoms with Gasteiger partial charge in [0.1, 0.15) is 5.75 Å². The number of carboxylic acid groups (broad SMARTS) is 1. The van der Waals surface area contributed by atoms with Gasteiger partial charge in [-0.25, -0.2) is 4.79 Å². The highest BCUT2D eigenvalue weighted by Gasteiger charge is 2.12. The Morgan fingerprint density at radius 2 is 2.14 bits per heavy atom. The number of hydrogen-bond donors (Lipinski definition) is 1. The second kappa shape index (κ2) is 5.44. The maximum absolute atomic E-state index is 11.8. The lowest BCUT2D eigenvalue weighted by atomic mass is 10.1. The Hall–Kier alpha value is -2.56. The summed E-state index contributed by atoms with van der Waals surface area (Å²) in [5.74, 6) is -0.139. The first kappa shape index (κ1) is 13.4. The minimum atomic E-state index is -1.09. The van der Waals surface area contributed by atoms with Crippen LogP contribution in [0.5, 0.6) is 5.75 Å². The van der Waals surface area contributed by atoms with Crippen molar-refractivity contribution in [2.24, 2.45) is 0 Å². The van der Waals surface area contributed by atoms with Crippen LogP contribution in [0.2, 0.25) is 0 Å². The molecule has 5 nitrogen and oxygen atoms in total. The summed E-state index contributed by atoms with van der Waals surface area (Å²) in [6.45, 7) is 1.26. The molecule has 0 bridgehead atoms. The number of benzene rings is 1. The molecule has 0 unspecified atom stereocenters. The number of carbonyl (C=O) groups is 1. The predicted octanol–water partition coefficient (Wildman–Crippen LogP) is 1.72. The van der Waals surface area contributed by atoms with Crippen LogP contribution in [0.4, 0.5) is 0 Å². The van der Waals surface area contributed by atoms with Crippen LogP contribution in [0.15, 0.2) is 41.3 Å². The number of fused-ring (bicyclic) bond motifs is 1. The maximum atomic E-state index is 11.8. The lowest BCUT2D eigenvalue weighted by Gasteiger charge is -2.07. The Labute approximate surface area is 121 Å². The van der Waals surface area contributed by atoms with E-state index in [1.54, 1.807) is 0 Å². The fraction of sp³-hybridized carbons (Fsp3) is 0.250. The van der Waals surface area contributed by atoms with Crippen molar-refractivity contribution < 1.29 is 14.6 Å². The van der Waals surface area contributed by atoms with Gasteiger partial charge < -0.3 is 14.4 Å². The molecule has 0 saturated carbocycles. The molecule has 1 aliphatic heterocycles. The Kier molecular flexibility index (Phi) is 3.48. The zero-order valence-corrected chi connectivity index (χ0v) is 11.4. The molecule has 0 atom stereocenters. The van der Waals surface area contributed by atoms with Gasteiger partial charge >= 0.3 is 5.97 Å². The van der Waals surface area contributed by atoms with E-state index in [1.807, 2.05) is 12.1 Å². The average molecular weight is 285 g/mol. The van der Waals surface area contributed by atoms with E-state index in [4.69, 9.17) is 9.84 Å². The van der Waals surface area contributed by atoms with Gasteiger partial charge in [-0.2, -0.15) is 0 Å². The van der Waals surface area contributed by atoms with E-state index in [2.05, 4.69) is 6.07 Å². The third kappa shape index (κ3) is 2.81. The molecule has 1 aliphatic rings. The zero-order valence-electron chi connectivity index (χ0n) is 11.4. The van der Waals surface area contributed by atoms with Crippen LogP contribution in [0, 0.1) is 0 Å². The molecule has 5 heteroatoms. The fourth-order valence-corrected chi connectivity index (χ4v) is 2.47. The standard InChI is InChI=1S/C16H15NO4/c18-15-10-13(16(19)20)4-7-17(15)6-3-11-1-2-14-12(9-11)5-8-21-14/h1-2,4,7,9-10H,3,5-6,8H2,(H,19,20). The molecule has 1 aromatic carbocycles. The van der Waals surface area contributed by atoms with Crippen LogP contribution in [0.25, 0.3) is 0 Å². The van der Waals surface area contributed by atoms with E-state index in [0.29, 0.717) is 6.54 Å². The number of hydrogen-bond acceptors (Lipinski definition) is 3. The van der Waals surface area contributed by atoms with Gasteiger partial charge in [0, 0.05) is 25.2 Å². The van der Waals surface area contributed by atoms with Crippen LogP contribution in [-0.4, -0.2) is 22.2 Å². The number of pyridine rings is 1. The van der Waals surface area contributed by atoms with Gasteiger partial charge in [0.25, 0.3) is 5.56 Å². The molecule has 0 aliphatic carbocycles. The molecule has 3 rings (SSSR count). The Morgan fingerprint density at radius 3 is 2.90 bits per heavy atom. The SMILES string of the molecule is O=C(O)c1ccn(CCc2ccc3c(c2)CCO3)c(=O)c1. The van der Waals surface area contributed by atoms with E-state index in [9.17, 15) is 9.59 Å². The summed E-state index contributed by atoms with van der Waals surface area (Å²) >= 11 is 0. The van der Waals surface area contributed by atoms with Crippen LogP contribution in [-0.2, 0) is 19.4 Å². The topological polar surface area (TPSA) is 68.5 Å². The predicted molar refractivity (Wildman–Crippen MR) is 77.0 cm³/mol. The number of carboxylic acids is 1. The molecule has 108 valence electrons. The Balaban J connectivity index is 1.73. The number of aryl methyl sites for hydroxylation is 2. The van der Waals surface area contributed by atoms with Gasteiger partial charge in [-0.1, -0.05) is 12.1 Å². The molecule has 2 heterocycles. The monoisotopic (exact) mass is 285 g/mol. The smallest absolute Gasteiger partial charge is 0.335 e. The molecule has 0 saturated heterocycles. The molecule has 0 amide bonds. The summed E-state index contributed by atoms with van der Waals surface area (Å²) in [5.41, 5.74) is 2.08. The Morgan fingerprint density at radius 1 is 1.29 bits per heavy atom. The van der Waals surface area contributed by atoms with Crippen LogP contribution in [0.1, 0.15) is 21.5 Å². The first-order chi connectivity index (χ1) is 10.1. The second-order valence-electron chi connectivity index (χ2n) is 5.04. The first-order valence-corrected chi connectivity index (χ1v) is 6.82. The van der Waals surface area contributed by atoms with Gasteiger partial charge in [0.05, 0.1) is 12.2 Å². The van der Waals surface area contributed by atoms with Crippen molar-refractivity contribution in [3.05, 3.63) is 63.6 Å². The lowest BCUT2D eigenvalue weighted by molar-refractivity contribution is 0.0696. The van der Waals surface area contributed by atoms with E-state index < -0.39 is 5.97 Å². The van der Waals surface area contributed by atoms with Crippen molar-refractivity contribution in [3.8, 4) is 5.75 Å². The molecule has 1 aromatic heterocycles. The first-order valence-electron chi connectivity index (χ1n) is 6.82. The average Bonchev–Trinajstić information content (AvgIpc) is 2.93. The van der Waals surface area contributed by atoms with E-state index in [-0.39, 0.29) is 11.1 Å². The van der Waals surface area contributed by atoms with Crippen LogP contribution >= 0.6 is 0 Å². The van der Waals surface area contributed by atoms with Crippen molar-refractivity contribution in [3.63, 3.8) is 0 Å². The van der Waals surface area contributed by atoms with Gasteiger partial charge in [0.2, 0.25) is 0 Å². The van der Waals surface area contributed by atoms with Gasteiger partial charge in [-0.05, 0) is 29.7 Å². The van der Waals surface area contributed by atoms with Crippen molar-refractivity contribution in [1.82, 2.24) is 4.57 Å².